The first-order chi connectivity index (χ1) is 10.9. The molecule has 2 aromatic heterocycles. The number of imidazole rings is 1. The lowest BCUT2D eigenvalue weighted by Gasteiger charge is -2.20. The lowest BCUT2D eigenvalue weighted by Crippen LogP contribution is -2.28. The van der Waals surface area contributed by atoms with Crippen molar-refractivity contribution < 1.29 is 19.1 Å². The van der Waals surface area contributed by atoms with Gasteiger partial charge in [-0.1, -0.05) is 0 Å². The number of nitrogens with one attached hydrogen (secondary N) is 2. The zero-order valence-electron chi connectivity index (χ0n) is 14.6. The zero-order valence-corrected chi connectivity index (χ0v) is 14.6. The van der Waals surface area contributed by atoms with Gasteiger partial charge in [-0.05, 0) is 41.5 Å². The Kier molecular flexibility index (Phi) is 4.46. The van der Waals surface area contributed by atoms with Crippen LogP contribution in [0.4, 0.5) is 10.6 Å². The van der Waals surface area contributed by atoms with Crippen LogP contribution in [0.3, 0.4) is 0 Å². The highest BCUT2D eigenvalue weighted by atomic mass is 16.6. The Morgan fingerprint density at radius 3 is 2.25 bits per heavy atom. The molecular weight excluding hydrogens is 314 g/mol. The third kappa shape index (κ3) is 4.64. The molecule has 0 radical (unpaired) electrons. The summed E-state index contributed by atoms with van der Waals surface area (Å²) in [5.74, 6) is -0.817. The number of carbonyl (C=O) groups excluding carboxylic acids is 2. The van der Waals surface area contributed by atoms with E-state index in [2.05, 4.69) is 25.3 Å². The maximum Gasteiger partial charge on any atom is 0.413 e. The van der Waals surface area contributed by atoms with Crippen LogP contribution in [0.1, 0.15) is 52.2 Å². The fraction of sp³-hybridized carbons (Fsp3) is 0.533. The Hall–Kier alpha value is -2.71. The van der Waals surface area contributed by atoms with Gasteiger partial charge in [-0.25, -0.2) is 24.5 Å². The molecule has 0 aromatic carbocycles. The quantitative estimate of drug-likeness (QED) is 0.810. The van der Waals surface area contributed by atoms with Gasteiger partial charge >= 0.3 is 12.1 Å². The van der Waals surface area contributed by atoms with Crippen LogP contribution in [0.2, 0.25) is 0 Å². The number of H-pyrrole nitrogens is 1. The highest BCUT2D eigenvalue weighted by Crippen LogP contribution is 2.19. The number of rotatable bonds is 2. The SMILES string of the molecule is CC(C)(C)OC(=O)Nc1nc(C(=O)OC(C)(C)C)nc2nc[nH]c12. The summed E-state index contributed by atoms with van der Waals surface area (Å²) in [6.45, 7) is 10.4. The summed E-state index contributed by atoms with van der Waals surface area (Å²) < 4.78 is 10.4. The van der Waals surface area contributed by atoms with Crippen LogP contribution in [-0.4, -0.2) is 43.2 Å². The molecule has 0 aliphatic heterocycles. The highest BCUT2D eigenvalue weighted by Gasteiger charge is 2.24. The number of ether oxygens (including phenoxy) is 2. The molecule has 2 heterocycles. The summed E-state index contributed by atoms with van der Waals surface area (Å²) in [5, 5.41) is 2.49. The second kappa shape index (κ2) is 6.06. The topological polar surface area (TPSA) is 119 Å². The van der Waals surface area contributed by atoms with Crippen molar-refractivity contribution in [2.45, 2.75) is 52.7 Å². The van der Waals surface area contributed by atoms with Crippen molar-refractivity contribution in [2.24, 2.45) is 0 Å². The first-order valence-electron chi connectivity index (χ1n) is 7.39. The highest BCUT2D eigenvalue weighted by molar-refractivity contribution is 5.96. The molecule has 0 fully saturated rings. The van der Waals surface area contributed by atoms with E-state index in [-0.39, 0.29) is 17.3 Å². The smallest absolute Gasteiger partial charge is 0.413 e. The number of carbonyl (C=O) groups is 2. The Labute approximate surface area is 139 Å². The first kappa shape index (κ1) is 17.6. The number of esters is 1. The molecule has 1 amide bonds. The molecule has 0 bridgehead atoms. The molecule has 2 rings (SSSR count). The monoisotopic (exact) mass is 335 g/mol. The number of aromatic amines is 1. The second-order valence-electron chi connectivity index (χ2n) is 7.13. The fourth-order valence-electron chi connectivity index (χ4n) is 1.74. The van der Waals surface area contributed by atoms with Gasteiger partial charge in [0.2, 0.25) is 5.82 Å². The number of anilines is 1. The minimum atomic E-state index is -0.709. The minimum Gasteiger partial charge on any atom is -0.454 e. The molecule has 24 heavy (non-hydrogen) atoms. The van der Waals surface area contributed by atoms with Gasteiger partial charge in [0.1, 0.15) is 16.7 Å². The van der Waals surface area contributed by atoms with E-state index in [0.29, 0.717) is 5.52 Å². The number of amides is 1. The first-order valence-corrected chi connectivity index (χ1v) is 7.39. The van der Waals surface area contributed by atoms with Crippen molar-refractivity contribution in [1.82, 2.24) is 19.9 Å². The summed E-state index contributed by atoms with van der Waals surface area (Å²) in [4.78, 5) is 39.0. The summed E-state index contributed by atoms with van der Waals surface area (Å²) in [7, 11) is 0. The van der Waals surface area contributed by atoms with Crippen LogP contribution in [0.15, 0.2) is 6.33 Å². The summed E-state index contributed by atoms with van der Waals surface area (Å²) in [6.07, 6.45) is 0.686. The molecule has 0 spiro atoms. The Balaban J connectivity index is 2.33. The Morgan fingerprint density at radius 2 is 1.67 bits per heavy atom. The van der Waals surface area contributed by atoms with Crippen molar-refractivity contribution in [3.8, 4) is 0 Å². The van der Waals surface area contributed by atoms with E-state index in [1.807, 2.05) is 0 Å². The molecule has 0 saturated carbocycles. The number of nitrogens with zero attached hydrogens (tertiary/aromatic N) is 3. The molecule has 0 aliphatic carbocycles. The lowest BCUT2D eigenvalue weighted by molar-refractivity contribution is 0.00556. The second-order valence-corrected chi connectivity index (χ2v) is 7.13. The molecule has 130 valence electrons. The van der Waals surface area contributed by atoms with Gasteiger partial charge < -0.3 is 14.5 Å². The van der Waals surface area contributed by atoms with Gasteiger partial charge in [-0.2, -0.15) is 0 Å². The molecule has 0 unspecified atom stereocenters. The standard InChI is InChI=1S/C15H21N5O4/c1-14(2,3)23-12(21)11-18-9-8(16-7-17-9)10(19-11)20-13(22)24-15(4,5)6/h7H,1-6H3,(H2,16,17,18,19,20,22). The maximum atomic E-state index is 12.2. The van der Waals surface area contributed by atoms with E-state index >= 15 is 0 Å². The predicted molar refractivity (Wildman–Crippen MR) is 86.7 cm³/mol. The molecule has 0 aliphatic rings. The Bertz CT molecular complexity index is 770. The third-order valence-corrected chi connectivity index (χ3v) is 2.49. The average molecular weight is 335 g/mol. The maximum absolute atomic E-state index is 12.2. The van der Waals surface area contributed by atoms with Crippen molar-refractivity contribution in [2.75, 3.05) is 5.32 Å². The van der Waals surface area contributed by atoms with Crippen LogP contribution in [0, 0.1) is 0 Å². The van der Waals surface area contributed by atoms with E-state index in [1.165, 1.54) is 6.33 Å². The molecular formula is C15H21N5O4. The number of hydrogen-bond donors (Lipinski definition) is 2. The van der Waals surface area contributed by atoms with Gasteiger partial charge in [0, 0.05) is 0 Å². The average Bonchev–Trinajstić information content (AvgIpc) is 2.82. The van der Waals surface area contributed by atoms with Crippen LogP contribution in [0.5, 0.6) is 0 Å². The molecule has 9 heteroatoms. The molecule has 0 atom stereocenters. The summed E-state index contributed by atoms with van der Waals surface area (Å²) >= 11 is 0. The van der Waals surface area contributed by atoms with Gasteiger partial charge in [-0.3, -0.25) is 5.32 Å². The Morgan fingerprint density at radius 1 is 1.04 bits per heavy atom. The number of fused-ring (bicyclic) bond motifs is 1. The van der Waals surface area contributed by atoms with Gasteiger partial charge in [0.05, 0.1) is 6.33 Å². The molecule has 0 saturated heterocycles. The van der Waals surface area contributed by atoms with E-state index in [0.717, 1.165) is 0 Å². The van der Waals surface area contributed by atoms with E-state index in [4.69, 9.17) is 9.47 Å². The van der Waals surface area contributed by atoms with Crippen LogP contribution >= 0.6 is 0 Å². The van der Waals surface area contributed by atoms with Crippen molar-refractivity contribution in [1.29, 1.82) is 0 Å². The van der Waals surface area contributed by atoms with Crippen LogP contribution < -0.4 is 5.32 Å². The van der Waals surface area contributed by atoms with Crippen molar-refractivity contribution in [3.63, 3.8) is 0 Å². The van der Waals surface area contributed by atoms with E-state index in [1.54, 1.807) is 41.5 Å². The number of aromatic nitrogens is 4. The summed E-state index contributed by atoms with van der Waals surface area (Å²) in [5.41, 5.74) is -0.747. The van der Waals surface area contributed by atoms with Crippen LogP contribution in [0.25, 0.3) is 11.2 Å². The fourth-order valence-corrected chi connectivity index (χ4v) is 1.74. The van der Waals surface area contributed by atoms with Crippen LogP contribution in [-0.2, 0) is 9.47 Å². The third-order valence-electron chi connectivity index (χ3n) is 2.49. The van der Waals surface area contributed by atoms with E-state index in [9.17, 15) is 9.59 Å². The van der Waals surface area contributed by atoms with Crippen molar-refractivity contribution >= 4 is 29.0 Å². The number of hydrogen-bond acceptors (Lipinski definition) is 7. The predicted octanol–water partition coefficient (Wildman–Crippen LogP) is 2.66. The lowest BCUT2D eigenvalue weighted by atomic mass is 10.2. The summed E-state index contributed by atoms with van der Waals surface area (Å²) in [6, 6.07) is 0. The largest absolute Gasteiger partial charge is 0.454 e. The molecule has 2 N–H and O–H groups in total. The van der Waals surface area contributed by atoms with Gasteiger partial charge in [0.15, 0.2) is 11.5 Å². The minimum absolute atomic E-state index is 0.0904. The zero-order chi connectivity index (χ0) is 18.1. The normalized spacial score (nSPS) is 12.1. The molecule has 9 nitrogen and oxygen atoms in total. The molecule has 2 aromatic rings. The van der Waals surface area contributed by atoms with Gasteiger partial charge in [-0.15, -0.1) is 0 Å². The van der Waals surface area contributed by atoms with Crippen molar-refractivity contribution in [3.05, 3.63) is 12.2 Å². The van der Waals surface area contributed by atoms with E-state index < -0.39 is 23.3 Å². The van der Waals surface area contributed by atoms with Gasteiger partial charge in [0.25, 0.3) is 0 Å².